The van der Waals surface area contributed by atoms with E-state index in [1.165, 1.54) is 24.3 Å². The Labute approximate surface area is 132 Å². The van der Waals surface area contributed by atoms with Crippen molar-refractivity contribution in [3.8, 4) is 11.3 Å². The lowest BCUT2D eigenvalue weighted by Gasteiger charge is -2.07. The summed E-state index contributed by atoms with van der Waals surface area (Å²) in [4.78, 5) is 10.0. The van der Waals surface area contributed by atoms with E-state index in [4.69, 9.17) is 16.0 Å². The SMILES string of the molecule is O=[N+]([O-])c1ccc2oc(-c3ccc(Cl)cc3)c(C(F)(F)F)c2c1. The van der Waals surface area contributed by atoms with Gasteiger partial charge in [0, 0.05) is 28.1 Å². The van der Waals surface area contributed by atoms with E-state index in [0.29, 0.717) is 5.02 Å². The Morgan fingerprint density at radius 2 is 1.74 bits per heavy atom. The second-order valence-electron chi connectivity index (χ2n) is 4.75. The number of halogens is 4. The highest BCUT2D eigenvalue weighted by molar-refractivity contribution is 6.30. The maximum atomic E-state index is 13.5. The van der Waals surface area contributed by atoms with E-state index >= 15 is 0 Å². The minimum Gasteiger partial charge on any atom is -0.455 e. The summed E-state index contributed by atoms with van der Waals surface area (Å²) in [7, 11) is 0. The maximum Gasteiger partial charge on any atom is 0.420 e. The number of alkyl halides is 3. The van der Waals surface area contributed by atoms with E-state index in [1.807, 2.05) is 0 Å². The van der Waals surface area contributed by atoms with Crippen LogP contribution in [0, 0.1) is 10.1 Å². The molecule has 0 atom stereocenters. The molecule has 0 N–H and O–H groups in total. The summed E-state index contributed by atoms with van der Waals surface area (Å²) in [6.07, 6.45) is -4.73. The average molecular weight is 342 g/mol. The molecule has 1 aromatic heterocycles. The van der Waals surface area contributed by atoms with Crippen LogP contribution in [-0.4, -0.2) is 4.92 Å². The molecule has 0 bridgehead atoms. The van der Waals surface area contributed by atoms with Crippen molar-refractivity contribution in [3.05, 3.63) is 63.2 Å². The Morgan fingerprint density at radius 1 is 1.09 bits per heavy atom. The minimum atomic E-state index is -4.73. The first kappa shape index (κ1) is 15.4. The van der Waals surface area contributed by atoms with Gasteiger partial charge in [-0.25, -0.2) is 0 Å². The lowest BCUT2D eigenvalue weighted by molar-refractivity contribution is -0.384. The molecule has 0 saturated carbocycles. The van der Waals surface area contributed by atoms with Gasteiger partial charge in [-0.2, -0.15) is 13.2 Å². The maximum absolute atomic E-state index is 13.5. The highest BCUT2D eigenvalue weighted by Gasteiger charge is 2.39. The lowest BCUT2D eigenvalue weighted by Crippen LogP contribution is -2.05. The van der Waals surface area contributed by atoms with Crippen molar-refractivity contribution in [2.45, 2.75) is 6.18 Å². The molecule has 0 radical (unpaired) electrons. The van der Waals surface area contributed by atoms with Gasteiger partial charge in [-0.1, -0.05) is 11.6 Å². The first-order valence-corrected chi connectivity index (χ1v) is 6.69. The molecule has 0 unspecified atom stereocenters. The van der Waals surface area contributed by atoms with Crippen molar-refractivity contribution in [2.75, 3.05) is 0 Å². The van der Waals surface area contributed by atoms with Crippen molar-refractivity contribution in [1.82, 2.24) is 0 Å². The van der Waals surface area contributed by atoms with Crippen LogP contribution in [0.15, 0.2) is 46.9 Å². The van der Waals surface area contributed by atoms with E-state index in [1.54, 1.807) is 0 Å². The number of nitro benzene ring substituents is 1. The van der Waals surface area contributed by atoms with E-state index in [9.17, 15) is 23.3 Å². The third-order valence-electron chi connectivity index (χ3n) is 3.27. The van der Waals surface area contributed by atoms with Gasteiger partial charge in [0.05, 0.1) is 4.92 Å². The predicted molar refractivity (Wildman–Crippen MR) is 78.3 cm³/mol. The third-order valence-corrected chi connectivity index (χ3v) is 3.52. The topological polar surface area (TPSA) is 56.3 Å². The number of rotatable bonds is 2. The fourth-order valence-electron chi connectivity index (χ4n) is 2.29. The van der Waals surface area contributed by atoms with E-state index in [0.717, 1.165) is 18.2 Å². The summed E-state index contributed by atoms with van der Waals surface area (Å²) < 4.78 is 45.7. The number of nitro groups is 1. The number of nitrogens with zero attached hydrogens (tertiary/aromatic N) is 1. The molecule has 0 fully saturated rings. The molecule has 23 heavy (non-hydrogen) atoms. The van der Waals surface area contributed by atoms with Gasteiger partial charge >= 0.3 is 6.18 Å². The first-order valence-electron chi connectivity index (χ1n) is 6.31. The predicted octanol–water partition coefficient (Wildman–Crippen LogP) is 5.68. The van der Waals surface area contributed by atoms with Crippen LogP contribution < -0.4 is 0 Å². The Kier molecular flexibility index (Phi) is 3.52. The van der Waals surface area contributed by atoms with Gasteiger partial charge in [-0.05, 0) is 30.3 Å². The highest BCUT2D eigenvalue weighted by atomic mass is 35.5. The van der Waals surface area contributed by atoms with Crippen LogP contribution in [-0.2, 0) is 6.18 Å². The summed E-state index contributed by atoms with van der Waals surface area (Å²) in [5.41, 5.74) is -1.38. The van der Waals surface area contributed by atoms with Gasteiger partial charge < -0.3 is 4.42 Å². The van der Waals surface area contributed by atoms with E-state index < -0.39 is 28.1 Å². The van der Waals surface area contributed by atoms with Gasteiger partial charge in [-0.15, -0.1) is 0 Å². The number of benzene rings is 2. The molecule has 4 nitrogen and oxygen atoms in total. The van der Waals surface area contributed by atoms with Gasteiger partial charge in [-0.3, -0.25) is 10.1 Å². The number of non-ortho nitro benzene ring substituents is 1. The Balaban J connectivity index is 2.33. The Morgan fingerprint density at radius 3 is 2.30 bits per heavy atom. The van der Waals surface area contributed by atoms with E-state index in [2.05, 4.69) is 0 Å². The summed E-state index contributed by atoms with van der Waals surface area (Å²) in [5, 5.41) is 10.8. The molecular formula is C15H7ClF3NO3. The third kappa shape index (κ3) is 2.75. The van der Waals surface area contributed by atoms with Crippen LogP contribution >= 0.6 is 11.6 Å². The van der Waals surface area contributed by atoms with Crippen LogP contribution in [0.25, 0.3) is 22.3 Å². The second kappa shape index (κ2) is 5.27. The van der Waals surface area contributed by atoms with Crippen LogP contribution in [0.3, 0.4) is 0 Å². The zero-order valence-electron chi connectivity index (χ0n) is 11.2. The van der Waals surface area contributed by atoms with Crippen molar-refractivity contribution >= 4 is 28.3 Å². The summed E-state index contributed by atoms with van der Waals surface area (Å²) in [6, 6.07) is 8.77. The van der Waals surface area contributed by atoms with Crippen LogP contribution in [0.1, 0.15) is 5.56 Å². The zero-order chi connectivity index (χ0) is 16.8. The molecule has 118 valence electrons. The molecule has 0 amide bonds. The van der Waals surface area contributed by atoms with Gasteiger partial charge in [0.25, 0.3) is 5.69 Å². The minimum absolute atomic E-state index is 0.0760. The van der Waals surface area contributed by atoms with Crippen LogP contribution in [0.2, 0.25) is 5.02 Å². The number of hydrogen-bond donors (Lipinski definition) is 0. The summed E-state index contributed by atoms with van der Waals surface area (Å²) >= 11 is 5.74. The van der Waals surface area contributed by atoms with Crippen molar-refractivity contribution in [2.24, 2.45) is 0 Å². The first-order chi connectivity index (χ1) is 10.8. The van der Waals surface area contributed by atoms with Crippen molar-refractivity contribution in [3.63, 3.8) is 0 Å². The molecule has 2 aromatic carbocycles. The molecule has 3 rings (SSSR count). The molecule has 3 aromatic rings. The molecule has 8 heteroatoms. The smallest absolute Gasteiger partial charge is 0.420 e. The molecule has 0 aliphatic carbocycles. The molecule has 0 aliphatic heterocycles. The summed E-state index contributed by atoms with van der Waals surface area (Å²) in [6.45, 7) is 0. The molecule has 0 aliphatic rings. The fourth-order valence-corrected chi connectivity index (χ4v) is 2.41. The Hall–Kier alpha value is -2.54. The van der Waals surface area contributed by atoms with Crippen LogP contribution in [0.4, 0.5) is 18.9 Å². The molecule has 1 heterocycles. The highest BCUT2D eigenvalue weighted by Crippen LogP contribution is 2.44. The summed E-state index contributed by atoms with van der Waals surface area (Å²) in [5.74, 6) is -0.398. The Bertz CT molecular complexity index is 901. The van der Waals surface area contributed by atoms with Crippen LogP contribution in [0.5, 0.6) is 0 Å². The van der Waals surface area contributed by atoms with Crippen molar-refractivity contribution in [1.29, 1.82) is 0 Å². The standard InChI is InChI=1S/C15H7ClF3NO3/c16-9-3-1-8(2-4-9)14-13(15(17,18)19)11-7-10(20(21)22)5-6-12(11)23-14/h1-7H. The lowest BCUT2D eigenvalue weighted by atomic mass is 10.0. The van der Waals surface area contributed by atoms with Crippen molar-refractivity contribution < 1.29 is 22.5 Å². The fraction of sp³-hybridized carbons (Fsp3) is 0.0667. The number of fused-ring (bicyclic) bond motifs is 1. The second-order valence-corrected chi connectivity index (χ2v) is 5.18. The van der Waals surface area contributed by atoms with Gasteiger partial charge in [0.2, 0.25) is 0 Å². The average Bonchev–Trinajstić information content (AvgIpc) is 2.86. The van der Waals surface area contributed by atoms with Gasteiger partial charge in [0.1, 0.15) is 16.9 Å². The normalized spacial score (nSPS) is 11.8. The molecule has 0 saturated heterocycles. The monoisotopic (exact) mass is 341 g/mol. The molecule has 0 spiro atoms. The quantitative estimate of drug-likeness (QED) is 0.445. The zero-order valence-corrected chi connectivity index (χ0v) is 12.0. The van der Waals surface area contributed by atoms with E-state index in [-0.39, 0.29) is 16.5 Å². The van der Waals surface area contributed by atoms with Gasteiger partial charge in [0.15, 0.2) is 0 Å². The number of furan rings is 1. The number of hydrogen-bond acceptors (Lipinski definition) is 3. The molecular weight excluding hydrogens is 335 g/mol. The largest absolute Gasteiger partial charge is 0.455 e.